The van der Waals surface area contributed by atoms with Crippen molar-refractivity contribution in [1.29, 1.82) is 0 Å². The Labute approximate surface area is 105 Å². The molecule has 1 unspecified atom stereocenters. The molecule has 1 aliphatic rings. The van der Waals surface area contributed by atoms with E-state index >= 15 is 0 Å². The van der Waals surface area contributed by atoms with Crippen LogP contribution in [0.25, 0.3) is 0 Å². The van der Waals surface area contributed by atoms with Crippen molar-refractivity contribution in [2.24, 2.45) is 16.2 Å². The number of allylic oxidation sites excluding steroid dienone is 4. The maximum Gasteiger partial charge on any atom is 0.103 e. The van der Waals surface area contributed by atoms with Crippen molar-refractivity contribution >= 4 is 0 Å². The predicted octanol–water partition coefficient (Wildman–Crippen LogP) is 4.74. The van der Waals surface area contributed by atoms with E-state index in [1.807, 2.05) is 6.92 Å². The van der Waals surface area contributed by atoms with Gasteiger partial charge in [0.05, 0.1) is 5.76 Å². The molecule has 98 valence electrons. The molecule has 1 atom stereocenters. The topological polar surface area (TPSA) is 40.5 Å². The summed E-state index contributed by atoms with van der Waals surface area (Å²) in [6, 6.07) is 0. The number of rotatable bonds is 0. The van der Waals surface area contributed by atoms with Gasteiger partial charge in [0, 0.05) is 11.8 Å². The first-order chi connectivity index (χ1) is 7.39. The minimum absolute atomic E-state index is 0.101. The smallest absolute Gasteiger partial charge is 0.103 e. The molecule has 0 fully saturated rings. The summed E-state index contributed by atoms with van der Waals surface area (Å²) in [5, 5.41) is 20.6. The standard InChI is InChI=1S/C15H26O2/c1-13(2,3)11-8-10(16)9-15(7,12(11)17)14(4,5)6/h8,16-17H,9H2,1-7H3. The first-order valence-electron chi connectivity index (χ1n) is 6.23. The molecule has 0 bridgehead atoms. The van der Waals surface area contributed by atoms with Crippen molar-refractivity contribution in [2.45, 2.75) is 54.9 Å². The predicted molar refractivity (Wildman–Crippen MR) is 72.0 cm³/mol. The molecule has 0 saturated heterocycles. The summed E-state index contributed by atoms with van der Waals surface area (Å²) in [6.45, 7) is 14.5. The second kappa shape index (κ2) is 3.79. The van der Waals surface area contributed by atoms with E-state index in [0.29, 0.717) is 17.9 Å². The summed E-state index contributed by atoms with van der Waals surface area (Å²) in [6.07, 6.45) is 2.23. The van der Waals surface area contributed by atoms with Crippen molar-refractivity contribution in [3.05, 3.63) is 23.2 Å². The Hall–Kier alpha value is -0.920. The lowest BCUT2D eigenvalue weighted by Gasteiger charge is -2.45. The summed E-state index contributed by atoms with van der Waals surface area (Å²) in [7, 11) is 0. The second-order valence-corrected chi connectivity index (χ2v) is 7.41. The lowest BCUT2D eigenvalue weighted by atomic mass is 9.60. The zero-order valence-electron chi connectivity index (χ0n) is 12.2. The van der Waals surface area contributed by atoms with Gasteiger partial charge in [0.1, 0.15) is 5.76 Å². The zero-order chi connectivity index (χ0) is 13.6. The van der Waals surface area contributed by atoms with Gasteiger partial charge in [-0.25, -0.2) is 0 Å². The third-order valence-corrected chi connectivity index (χ3v) is 4.09. The van der Waals surface area contributed by atoms with Crippen LogP contribution in [-0.4, -0.2) is 10.2 Å². The lowest BCUT2D eigenvalue weighted by Crippen LogP contribution is -2.38. The van der Waals surface area contributed by atoms with Crippen LogP contribution in [0.1, 0.15) is 54.9 Å². The van der Waals surface area contributed by atoms with E-state index in [2.05, 4.69) is 41.5 Å². The SMILES string of the molecule is CC(C)(C)C1=C(O)C(C)(C(C)(C)C)CC(O)=C1. The minimum atomic E-state index is -0.408. The van der Waals surface area contributed by atoms with Crippen LogP contribution >= 0.6 is 0 Å². The fourth-order valence-corrected chi connectivity index (χ4v) is 2.22. The molecular weight excluding hydrogens is 212 g/mol. The van der Waals surface area contributed by atoms with Crippen LogP contribution in [0.5, 0.6) is 0 Å². The third kappa shape index (κ3) is 2.36. The third-order valence-electron chi connectivity index (χ3n) is 4.09. The lowest BCUT2D eigenvalue weighted by molar-refractivity contribution is 0.0713. The highest BCUT2D eigenvalue weighted by atomic mass is 16.3. The van der Waals surface area contributed by atoms with Gasteiger partial charge in [0.15, 0.2) is 0 Å². The summed E-state index contributed by atoms with van der Waals surface area (Å²) >= 11 is 0. The van der Waals surface area contributed by atoms with Gasteiger partial charge in [0.2, 0.25) is 0 Å². The largest absolute Gasteiger partial charge is 0.512 e. The molecule has 2 heteroatoms. The monoisotopic (exact) mass is 238 g/mol. The van der Waals surface area contributed by atoms with E-state index in [-0.39, 0.29) is 10.8 Å². The first-order valence-corrected chi connectivity index (χ1v) is 6.23. The van der Waals surface area contributed by atoms with Gasteiger partial charge in [-0.2, -0.15) is 0 Å². The highest BCUT2D eigenvalue weighted by Gasteiger charge is 2.46. The maximum atomic E-state index is 10.6. The number of hydrogen-bond acceptors (Lipinski definition) is 2. The molecular formula is C15H26O2. The van der Waals surface area contributed by atoms with E-state index in [0.717, 1.165) is 5.57 Å². The summed E-state index contributed by atoms with van der Waals surface area (Å²) in [5.74, 6) is 0.792. The van der Waals surface area contributed by atoms with Gasteiger partial charge in [-0.05, 0) is 22.5 Å². The van der Waals surface area contributed by atoms with Crippen LogP contribution in [-0.2, 0) is 0 Å². The molecule has 2 N–H and O–H groups in total. The zero-order valence-corrected chi connectivity index (χ0v) is 12.2. The van der Waals surface area contributed by atoms with Crippen molar-refractivity contribution in [3.8, 4) is 0 Å². The van der Waals surface area contributed by atoms with Gasteiger partial charge in [-0.15, -0.1) is 0 Å². The molecule has 0 aromatic carbocycles. The fourth-order valence-electron chi connectivity index (χ4n) is 2.22. The quantitative estimate of drug-likeness (QED) is 0.639. The van der Waals surface area contributed by atoms with E-state index in [1.54, 1.807) is 6.08 Å². The Morgan fingerprint density at radius 2 is 1.53 bits per heavy atom. The average molecular weight is 238 g/mol. The molecule has 0 aliphatic heterocycles. The van der Waals surface area contributed by atoms with E-state index in [4.69, 9.17) is 0 Å². The summed E-state index contributed by atoms with van der Waals surface area (Å²) in [4.78, 5) is 0. The minimum Gasteiger partial charge on any atom is -0.512 e. The molecule has 1 aliphatic carbocycles. The number of aliphatic hydroxyl groups excluding tert-OH is 2. The number of hydrogen-bond donors (Lipinski definition) is 2. The van der Waals surface area contributed by atoms with Crippen LogP contribution in [0.15, 0.2) is 23.2 Å². The van der Waals surface area contributed by atoms with Crippen molar-refractivity contribution in [1.82, 2.24) is 0 Å². The van der Waals surface area contributed by atoms with E-state index < -0.39 is 5.41 Å². The molecule has 0 aromatic rings. The molecule has 0 aromatic heterocycles. The van der Waals surface area contributed by atoms with Gasteiger partial charge < -0.3 is 10.2 Å². The Morgan fingerprint density at radius 1 is 1.06 bits per heavy atom. The van der Waals surface area contributed by atoms with Crippen LogP contribution < -0.4 is 0 Å². The normalized spacial score (nSPS) is 27.1. The summed E-state index contributed by atoms with van der Waals surface area (Å²) < 4.78 is 0. The highest BCUT2D eigenvalue weighted by molar-refractivity contribution is 5.37. The molecule has 17 heavy (non-hydrogen) atoms. The highest BCUT2D eigenvalue weighted by Crippen LogP contribution is 2.52. The molecule has 0 heterocycles. The van der Waals surface area contributed by atoms with Gasteiger partial charge in [0.25, 0.3) is 0 Å². The number of aliphatic hydroxyl groups is 2. The van der Waals surface area contributed by atoms with Gasteiger partial charge >= 0.3 is 0 Å². The first kappa shape index (κ1) is 14.1. The van der Waals surface area contributed by atoms with Crippen molar-refractivity contribution in [3.63, 3.8) is 0 Å². The molecule has 0 amide bonds. The Morgan fingerprint density at radius 3 is 1.88 bits per heavy atom. The van der Waals surface area contributed by atoms with Gasteiger partial charge in [-0.1, -0.05) is 48.5 Å². The van der Waals surface area contributed by atoms with E-state index in [9.17, 15) is 10.2 Å². The van der Waals surface area contributed by atoms with Crippen molar-refractivity contribution < 1.29 is 10.2 Å². The molecule has 0 radical (unpaired) electrons. The van der Waals surface area contributed by atoms with Crippen LogP contribution in [0.3, 0.4) is 0 Å². The Bertz CT molecular complexity index is 375. The second-order valence-electron chi connectivity index (χ2n) is 7.41. The molecule has 0 spiro atoms. The molecule has 1 rings (SSSR count). The van der Waals surface area contributed by atoms with Crippen LogP contribution in [0.4, 0.5) is 0 Å². The average Bonchev–Trinajstić information content (AvgIpc) is 2.07. The summed E-state index contributed by atoms with van der Waals surface area (Å²) in [5.41, 5.74) is 0.175. The molecule has 2 nitrogen and oxygen atoms in total. The maximum absolute atomic E-state index is 10.6. The van der Waals surface area contributed by atoms with E-state index in [1.165, 1.54) is 0 Å². The fraction of sp³-hybridized carbons (Fsp3) is 0.733. The van der Waals surface area contributed by atoms with Crippen LogP contribution in [0, 0.1) is 16.2 Å². The van der Waals surface area contributed by atoms with Crippen molar-refractivity contribution in [2.75, 3.05) is 0 Å². The van der Waals surface area contributed by atoms with Gasteiger partial charge in [-0.3, -0.25) is 0 Å². The Kier molecular flexibility index (Phi) is 3.15. The Balaban J connectivity index is 3.43. The molecule has 0 saturated carbocycles. The van der Waals surface area contributed by atoms with Crippen LogP contribution in [0.2, 0.25) is 0 Å².